The molecule has 3 nitrogen and oxygen atoms in total. The molecule has 1 amide bonds. The number of hydrogen-bond acceptors (Lipinski definition) is 2. The van der Waals surface area contributed by atoms with Gasteiger partial charge in [0.25, 0.3) is 0 Å². The van der Waals surface area contributed by atoms with Gasteiger partial charge in [0.1, 0.15) is 0 Å². The van der Waals surface area contributed by atoms with Gasteiger partial charge in [-0.3, -0.25) is 4.79 Å². The maximum Gasteiger partial charge on any atom is 0.244 e. The fraction of sp³-hybridized carbons (Fsp3) is 0.471. The van der Waals surface area contributed by atoms with E-state index in [1.54, 1.807) is 6.08 Å². The number of carbonyl (C=O) groups excluding carboxylic acids is 1. The van der Waals surface area contributed by atoms with Crippen molar-refractivity contribution < 1.29 is 4.79 Å². The number of nitrogens with two attached hydrogens (primary N) is 1. The van der Waals surface area contributed by atoms with E-state index in [-0.39, 0.29) is 5.91 Å². The Morgan fingerprint density at radius 3 is 2.65 bits per heavy atom. The van der Waals surface area contributed by atoms with E-state index < -0.39 is 0 Å². The number of carbonyl (C=O) groups is 1. The zero-order valence-corrected chi connectivity index (χ0v) is 12.1. The van der Waals surface area contributed by atoms with Crippen molar-refractivity contribution in [3.63, 3.8) is 0 Å². The van der Waals surface area contributed by atoms with Crippen LogP contribution in [0.3, 0.4) is 0 Å². The molecule has 20 heavy (non-hydrogen) atoms. The van der Waals surface area contributed by atoms with Crippen molar-refractivity contribution in [2.75, 3.05) is 5.73 Å². The Morgan fingerprint density at radius 2 is 1.90 bits per heavy atom. The zero-order chi connectivity index (χ0) is 14.4. The maximum atomic E-state index is 12.0. The molecule has 0 spiro atoms. The number of benzene rings is 1. The van der Waals surface area contributed by atoms with E-state index in [0.717, 1.165) is 17.7 Å². The lowest BCUT2D eigenvalue weighted by molar-refractivity contribution is -0.117. The van der Waals surface area contributed by atoms with Crippen LogP contribution in [-0.2, 0) is 4.79 Å². The van der Waals surface area contributed by atoms with Gasteiger partial charge in [-0.15, -0.1) is 0 Å². The molecular formula is C17H24N2O. The second-order valence-corrected chi connectivity index (χ2v) is 5.73. The van der Waals surface area contributed by atoms with Crippen LogP contribution in [0, 0.1) is 5.92 Å². The van der Waals surface area contributed by atoms with Gasteiger partial charge in [0, 0.05) is 17.8 Å². The Morgan fingerprint density at radius 1 is 1.20 bits per heavy atom. The normalized spacial score (nSPS) is 23.4. The van der Waals surface area contributed by atoms with Gasteiger partial charge in [0.05, 0.1) is 0 Å². The fourth-order valence-electron chi connectivity index (χ4n) is 2.72. The Bertz CT molecular complexity index is 464. The van der Waals surface area contributed by atoms with Crippen molar-refractivity contribution in [1.29, 1.82) is 0 Å². The fourth-order valence-corrected chi connectivity index (χ4v) is 2.72. The Kier molecular flexibility index (Phi) is 5.22. The third-order valence-electron chi connectivity index (χ3n) is 4.05. The molecule has 0 saturated heterocycles. The summed E-state index contributed by atoms with van der Waals surface area (Å²) in [6, 6.07) is 7.82. The van der Waals surface area contributed by atoms with Crippen LogP contribution in [-0.4, -0.2) is 11.9 Å². The van der Waals surface area contributed by atoms with Gasteiger partial charge in [-0.1, -0.05) is 38.3 Å². The molecule has 1 aliphatic carbocycles. The minimum Gasteiger partial charge on any atom is -0.399 e. The molecule has 1 aromatic rings. The summed E-state index contributed by atoms with van der Waals surface area (Å²) >= 11 is 0. The van der Waals surface area contributed by atoms with Crippen LogP contribution in [0.5, 0.6) is 0 Å². The van der Waals surface area contributed by atoms with Crippen LogP contribution in [0.15, 0.2) is 30.3 Å². The molecule has 0 radical (unpaired) electrons. The summed E-state index contributed by atoms with van der Waals surface area (Å²) in [5.74, 6) is 0.576. The highest BCUT2D eigenvalue weighted by atomic mass is 16.1. The van der Waals surface area contributed by atoms with Crippen LogP contribution in [0.4, 0.5) is 5.69 Å². The number of rotatable bonds is 3. The number of amides is 1. The molecule has 1 aliphatic rings. The second-order valence-electron chi connectivity index (χ2n) is 5.73. The molecule has 0 aromatic heterocycles. The molecule has 3 heteroatoms. The van der Waals surface area contributed by atoms with E-state index in [0.29, 0.717) is 12.0 Å². The minimum absolute atomic E-state index is 0.000532. The van der Waals surface area contributed by atoms with E-state index in [2.05, 4.69) is 12.2 Å². The molecule has 1 fully saturated rings. The molecule has 1 saturated carbocycles. The highest BCUT2D eigenvalue weighted by molar-refractivity contribution is 5.91. The smallest absolute Gasteiger partial charge is 0.244 e. The Hall–Kier alpha value is -1.77. The summed E-state index contributed by atoms with van der Waals surface area (Å²) in [5.41, 5.74) is 7.36. The van der Waals surface area contributed by atoms with Gasteiger partial charge in [0.15, 0.2) is 0 Å². The van der Waals surface area contributed by atoms with E-state index in [9.17, 15) is 4.79 Å². The second kappa shape index (κ2) is 7.13. The third kappa shape index (κ3) is 4.41. The molecule has 3 N–H and O–H groups in total. The Balaban J connectivity index is 1.89. The van der Waals surface area contributed by atoms with Gasteiger partial charge in [-0.2, -0.15) is 0 Å². The van der Waals surface area contributed by atoms with Crippen LogP contribution in [0.1, 0.15) is 44.6 Å². The van der Waals surface area contributed by atoms with Crippen molar-refractivity contribution >= 4 is 17.7 Å². The van der Waals surface area contributed by atoms with E-state index in [1.807, 2.05) is 30.3 Å². The number of anilines is 1. The lowest BCUT2D eigenvalue weighted by atomic mass is 9.97. The summed E-state index contributed by atoms with van der Waals surface area (Å²) in [7, 11) is 0. The molecule has 2 rings (SSSR count). The van der Waals surface area contributed by atoms with E-state index >= 15 is 0 Å². The van der Waals surface area contributed by atoms with Crippen molar-refractivity contribution in [2.24, 2.45) is 5.92 Å². The summed E-state index contributed by atoms with van der Waals surface area (Å²) < 4.78 is 0. The van der Waals surface area contributed by atoms with E-state index in [4.69, 9.17) is 5.73 Å². The van der Waals surface area contributed by atoms with E-state index in [1.165, 1.54) is 25.7 Å². The molecular weight excluding hydrogens is 248 g/mol. The summed E-state index contributed by atoms with van der Waals surface area (Å²) in [4.78, 5) is 12.0. The first-order valence-electron chi connectivity index (χ1n) is 7.49. The molecule has 2 unspecified atom stereocenters. The first kappa shape index (κ1) is 14.6. The third-order valence-corrected chi connectivity index (χ3v) is 4.05. The quantitative estimate of drug-likeness (QED) is 0.503. The van der Waals surface area contributed by atoms with Crippen molar-refractivity contribution in [1.82, 2.24) is 5.32 Å². The number of nitrogen functional groups attached to an aromatic ring is 1. The molecule has 1 aromatic carbocycles. The highest BCUT2D eigenvalue weighted by Gasteiger charge is 2.20. The largest absolute Gasteiger partial charge is 0.399 e. The number of nitrogens with one attached hydrogen (secondary N) is 1. The Labute approximate surface area is 121 Å². The standard InChI is InChI=1S/C17H24N2O/c1-13-5-3-2-4-6-16(13)19-17(20)12-9-14-7-10-15(18)11-8-14/h7-13,16H,2-6,18H2,1H3,(H,19,20)/b12-9+. The maximum absolute atomic E-state index is 12.0. The van der Waals surface area contributed by atoms with Crippen LogP contribution < -0.4 is 11.1 Å². The zero-order valence-electron chi connectivity index (χ0n) is 12.1. The minimum atomic E-state index is 0.000532. The molecule has 0 bridgehead atoms. The first-order valence-corrected chi connectivity index (χ1v) is 7.49. The van der Waals surface area contributed by atoms with Crippen molar-refractivity contribution in [3.05, 3.63) is 35.9 Å². The molecule has 0 heterocycles. The molecule has 0 aliphatic heterocycles. The molecule has 108 valence electrons. The molecule has 2 atom stereocenters. The first-order chi connectivity index (χ1) is 9.65. The van der Waals surface area contributed by atoms with Gasteiger partial charge in [-0.25, -0.2) is 0 Å². The summed E-state index contributed by atoms with van der Waals surface area (Å²) in [5, 5.41) is 3.14. The van der Waals surface area contributed by atoms with Gasteiger partial charge in [0.2, 0.25) is 5.91 Å². The summed E-state index contributed by atoms with van der Waals surface area (Å²) in [6.07, 6.45) is 9.55. The SMILES string of the molecule is CC1CCCCCC1NC(=O)/C=C/c1ccc(N)cc1. The number of hydrogen-bond donors (Lipinski definition) is 2. The van der Waals surface area contributed by atoms with Gasteiger partial charge in [-0.05, 0) is 42.5 Å². The van der Waals surface area contributed by atoms with Crippen LogP contribution in [0.25, 0.3) is 6.08 Å². The highest BCUT2D eigenvalue weighted by Crippen LogP contribution is 2.22. The summed E-state index contributed by atoms with van der Waals surface area (Å²) in [6.45, 7) is 2.24. The van der Waals surface area contributed by atoms with Gasteiger partial charge >= 0.3 is 0 Å². The predicted octanol–water partition coefficient (Wildman–Crippen LogP) is 3.37. The lowest BCUT2D eigenvalue weighted by Crippen LogP contribution is -2.37. The van der Waals surface area contributed by atoms with Gasteiger partial charge < -0.3 is 11.1 Å². The lowest BCUT2D eigenvalue weighted by Gasteiger charge is -2.21. The monoisotopic (exact) mass is 272 g/mol. The topological polar surface area (TPSA) is 55.1 Å². The predicted molar refractivity (Wildman–Crippen MR) is 84.1 cm³/mol. The van der Waals surface area contributed by atoms with Crippen LogP contribution in [0.2, 0.25) is 0 Å². The van der Waals surface area contributed by atoms with Crippen molar-refractivity contribution in [2.45, 2.75) is 45.1 Å². The van der Waals surface area contributed by atoms with Crippen LogP contribution >= 0.6 is 0 Å². The average Bonchev–Trinajstić information content (AvgIpc) is 2.64. The van der Waals surface area contributed by atoms with Crippen molar-refractivity contribution in [3.8, 4) is 0 Å². The average molecular weight is 272 g/mol.